The van der Waals surface area contributed by atoms with Crippen LogP contribution in [0.25, 0.3) is 0 Å². The van der Waals surface area contributed by atoms with Gasteiger partial charge in [-0.1, -0.05) is 26.2 Å². The zero-order valence-electron chi connectivity index (χ0n) is 10.8. The molecule has 1 atom stereocenters. The van der Waals surface area contributed by atoms with Crippen molar-refractivity contribution in [3.8, 4) is 6.07 Å². The summed E-state index contributed by atoms with van der Waals surface area (Å²) in [6.07, 6.45) is 8.44. The number of aliphatic hydroxyl groups is 1. The summed E-state index contributed by atoms with van der Waals surface area (Å²) in [7, 11) is 0. The average Bonchev–Trinajstić information content (AvgIpc) is 3.03. The minimum atomic E-state index is -0.968. The molecule has 0 spiro atoms. The van der Waals surface area contributed by atoms with E-state index in [2.05, 4.69) is 23.1 Å². The van der Waals surface area contributed by atoms with E-state index in [0.717, 1.165) is 32.1 Å². The number of nitrogens with zero attached hydrogens (tertiary/aromatic N) is 4. The quantitative estimate of drug-likeness (QED) is 0.748. The molecule has 1 aliphatic rings. The predicted molar refractivity (Wildman–Crippen MR) is 66.4 cm³/mol. The molecule has 18 heavy (non-hydrogen) atoms. The zero-order valence-corrected chi connectivity index (χ0v) is 10.8. The van der Waals surface area contributed by atoms with E-state index in [1.165, 1.54) is 6.33 Å². The lowest BCUT2D eigenvalue weighted by Gasteiger charge is -2.32. The molecule has 0 amide bonds. The third kappa shape index (κ3) is 2.39. The number of rotatable bonds is 7. The van der Waals surface area contributed by atoms with Gasteiger partial charge in [0.25, 0.3) is 0 Å². The van der Waals surface area contributed by atoms with Gasteiger partial charge in [0.05, 0.1) is 18.0 Å². The fourth-order valence-corrected chi connectivity index (χ4v) is 2.53. The highest BCUT2D eigenvalue weighted by Gasteiger charge is 2.59. The maximum Gasteiger partial charge on any atom is 0.137 e. The van der Waals surface area contributed by atoms with Crippen LogP contribution < -0.4 is 0 Å². The van der Waals surface area contributed by atoms with E-state index >= 15 is 0 Å². The second kappa shape index (κ2) is 5.07. The minimum Gasteiger partial charge on any atom is -0.386 e. The summed E-state index contributed by atoms with van der Waals surface area (Å²) in [5.41, 5.74) is -1.53. The number of hydrogen-bond donors (Lipinski definition) is 1. The lowest BCUT2D eigenvalue weighted by Crippen LogP contribution is -2.43. The maximum absolute atomic E-state index is 10.9. The molecule has 1 saturated carbocycles. The van der Waals surface area contributed by atoms with E-state index in [1.807, 2.05) is 0 Å². The molecular formula is C13H20N4O. The fraction of sp³-hybridized carbons (Fsp3) is 0.769. The number of aromatic nitrogens is 3. The normalized spacial score (nSPS) is 20.1. The molecule has 1 aliphatic carbocycles. The van der Waals surface area contributed by atoms with Crippen LogP contribution in [0.15, 0.2) is 12.7 Å². The monoisotopic (exact) mass is 248 g/mol. The van der Waals surface area contributed by atoms with E-state index < -0.39 is 11.0 Å². The van der Waals surface area contributed by atoms with Gasteiger partial charge in [0, 0.05) is 0 Å². The van der Waals surface area contributed by atoms with Gasteiger partial charge < -0.3 is 5.11 Å². The van der Waals surface area contributed by atoms with Crippen LogP contribution in [0.1, 0.15) is 45.4 Å². The molecular weight excluding hydrogens is 228 g/mol. The lowest BCUT2D eigenvalue weighted by molar-refractivity contribution is -0.0377. The van der Waals surface area contributed by atoms with E-state index in [4.69, 9.17) is 0 Å². The van der Waals surface area contributed by atoms with Crippen LogP contribution in [0.2, 0.25) is 0 Å². The number of hydrogen-bond acceptors (Lipinski definition) is 4. The topological polar surface area (TPSA) is 74.7 Å². The predicted octanol–water partition coefficient (Wildman–Crippen LogP) is 1.89. The van der Waals surface area contributed by atoms with Crippen molar-refractivity contribution >= 4 is 0 Å². The van der Waals surface area contributed by atoms with Gasteiger partial charge in [0.2, 0.25) is 0 Å². The van der Waals surface area contributed by atoms with Gasteiger partial charge in [0.15, 0.2) is 0 Å². The molecule has 0 aromatic carbocycles. The highest BCUT2D eigenvalue weighted by molar-refractivity contribution is 5.20. The van der Waals surface area contributed by atoms with Crippen LogP contribution >= 0.6 is 0 Å². The van der Waals surface area contributed by atoms with Crippen molar-refractivity contribution in [1.29, 1.82) is 5.26 Å². The summed E-state index contributed by atoms with van der Waals surface area (Å²) in [5.74, 6) is 0. The Labute approximate surface area is 107 Å². The first-order valence-corrected chi connectivity index (χ1v) is 6.62. The third-order valence-electron chi connectivity index (χ3n) is 3.94. The van der Waals surface area contributed by atoms with Crippen molar-refractivity contribution < 1.29 is 5.11 Å². The van der Waals surface area contributed by atoms with Crippen molar-refractivity contribution in [3.63, 3.8) is 0 Å². The van der Waals surface area contributed by atoms with Gasteiger partial charge in [-0.2, -0.15) is 10.4 Å². The highest BCUT2D eigenvalue weighted by Crippen LogP contribution is 2.55. The molecule has 1 fully saturated rings. The van der Waals surface area contributed by atoms with Crippen LogP contribution in [-0.2, 0) is 6.54 Å². The second-order valence-electron chi connectivity index (χ2n) is 5.28. The standard InChI is InChI=1S/C13H20N4O/c1-2-3-4-5-13(18,12(8-14)6-7-12)9-17-11-15-10-16-17/h10-11,18H,2-7,9H2,1H3. The molecule has 1 aromatic rings. The molecule has 0 radical (unpaired) electrons. The van der Waals surface area contributed by atoms with Gasteiger partial charge >= 0.3 is 0 Å². The Bertz CT molecular complexity index is 419. The van der Waals surface area contributed by atoms with E-state index in [-0.39, 0.29) is 0 Å². The minimum absolute atomic E-state index is 0.365. The summed E-state index contributed by atoms with van der Waals surface area (Å²) < 4.78 is 1.63. The van der Waals surface area contributed by atoms with E-state index in [9.17, 15) is 10.4 Å². The second-order valence-corrected chi connectivity index (χ2v) is 5.28. The third-order valence-corrected chi connectivity index (χ3v) is 3.94. The summed E-state index contributed by atoms with van der Waals surface area (Å²) in [6.45, 7) is 2.50. The van der Waals surface area contributed by atoms with Crippen molar-refractivity contribution in [3.05, 3.63) is 12.7 Å². The highest BCUT2D eigenvalue weighted by atomic mass is 16.3. The van der Waals surface area contributed by atoms with Crippen LogP contribution in [0.4, 0.5) is 0 Å². The summed E-state index contributed by atoms with van der Waals surface area (Å²) in [6, 6.07) is 2.32. The Kier molecular flexibility index (Phi) is 3.67. The molecule has 1 unspecified atom stereocenters. The van der Waals surface area contributed by atoms with Crippen LogP contribution in [0, 0.1) is 16.7 Å². The average molecular weight is 248 g/mol. The molecule has 0 bridgehead atoms. The first kappa shape index (κ1) is 13.0. The lowest BCUT2D eigenvalue weighted by atomic mass is 9.80. The largest absolute Gasteiger partial charge is 0.386 e. The van der Waals surface area contributed by atoms with Crippen LogP contribution in [0.3, 0.4) is 0 Å². The Balaban J connectivity index is 2.10. The van der Waals surface area contributed by atoms with Crippen LogP contribution in [0.5, 0.6) is 0 Å². The Morgan fingerprint density at radius 1 is 1.50 bits per heavy atom. The molecule has 0 aliphatic heterocycles. The van der Waals surface area contributed by atoms with Crippen LogP contribution in [-0.4, -0.2) is 25.5 Å². The fourth-order valence-electron chi connectivity index (χ4n) is 2.53. The van der Waals surface area contributed by atoms with Crippen molar-refractivity contribution in [1.82, 2.24) is 14.8 Å². The molecule has 5 nitrogen and oxygen atoms in total. The first-order valence-electron chi connectivity index (χ1n) is 6.62. The van der Waals surface area contributed by atoms with Gasteiger partial charge in [-0.05, 0) is 19.3 Å². The van der Waals surface area contributed by atoms with Gasteiger partial charge in [0.1, 0.15) is 18.3 Å². The van der Waals surface area contributed by atoms with Crippen molar-refractivity contribution in [2.45, 2.75) is 57.6 Å². The first-order chi connectivity index (χ1) is 8.66. The van der Waals surface area contributed by atoms with Crippen molar-refractivity contribution in [2.24, 2.45) is 5.41 Å². The SMILES string of the molecule is CCCCCC(O)(Cn1cncn1)C1(C#N)CC1. The molecule has 1 N–H and O–H groups in total. The Morgan fingerprint density at radius 3 is 2.78 bits per heavy atom. The van der Waals surface area contributed by atoms with Gasteiger partial charge in [-0.3, -0.25) is 4.68 Å². The van der Waals surface area contributed by atoms with E-state index in [1.54, 1.807) is 11.0 Å². The number of nitriles is 1. The zero-order chi connectivity index (χ0) is 13.1. The molecule has 5 heteroatoms. The maximum atomic E-state index is 10.9. The van der Waals surface area contributed by atoms with E-state index in [0.29, 0.717) is 13.0 Å². The summed E-state index contributed by atoms with van der Waals surface area (Å²) in [4.78, 5) is 3.89. The number of unbranched alkanes of at least 4 members (excludes halogenated alkanes) is 2. The van der Waals surface area contributed by atoms with Crippen molar-refractivity contribution in [2.75, 3.05) is 0 Å². The smallest absolute Gasteiger partial charge is 0.137 e. The Morgan fingerprint density at radius 2 is 2.28 bits per heavy atom. The molecule has 1 heterocycles. The molecule has 98 valence electrons. The van der Waals surface area contributed by atoms with Gasteiger partial charge in [-0.15, -0.1) is 0 Å². The summed E-state index contributed by atoms with van der Waals surface area (Å²) >= 11 is 0. The van der Waals surface area contributed by atoms with Gasteiger partial charge in [-0.25, -0.2) is 4.98 Å². The molecule has 0 saturated heterocycles. The molecule has 1 aromatic heterocycles. The summed E-state index contributed by atoms with van der Waals surface area (Å²) in [5, 5.41) is 24.3. The Hall–Kier alpha value is -1.41. The molecule has 2 rings (SSSR count).